The molecule has 0 aromatic carbocycles. The summed E-state index contributed by atoms with van der Waals surface area (Å²) >= 11 is 0. The third-order valence-corrected chi connectivity index (χ3v) is 6.14. The molecule has 0 aromatic rings. The van der Waals surface area contributed by atoms with Crippen LogP contribution < -0.4 is 0 Å². The van der Waals surface area contributed by atoms with Gasteiger partial charge in [-0.2, -0.15) is 0 Å². The predicted octanol–water partition coefficient (Wildman–Crippen LogP) is 3.93. The van der Waals surface area contributed by atoms with E-state index in [-0.39, 0.29) is 6.10 Å². The minimum atomic E-state index is -0.0713. The summed E-state index contributed by atoms with van der Waals surface area (Å²) in [4.78, 5) is 2.65. The fourth-order valence-corrected chi connectivity index (χ4v) is 4.21. The van der Waals surface area contributed by atoms with Crippen molar-refractivity contribution in [1.29, 1.82) is 0 Å². The third kappa shape index (κ3) is 3.76. The number of aliphatic hydroxyl groups is 1. The molecule has 2 aliphatic rings. The highest BCUT2D eigenvalue weighted by atomic mass is 16.3. The first-order valence-corrected chi connectivity index (χ1v) is 8.71. The first-order valence-electron chi connectivity index (χ1n) is 8.71. The minimum absolute atomic E-state index is 0.0713. The molecule has 0 spiro atoms. The molecular weight excluding hydrogens is 246 g/mol. The number of piperidine rings is 1. The van der Waals surface area contributed by atoms with E-state index in [1.165, 1.54) is 32.2 Å². The minimum Gasteiger partial charge on any atom is -0.393 e. The molecule has 20 heavy (non-hydrogen) atoms. The summed E-state index contributed by atoms with van der Waals surface area (Å²) in [6.07, 6.45) is 6.05. The van der Waals surface area contributed by atoms with Gasteiger partial charge in [0.15, 0.2) is 0 Å². The Morgan fingerprint density at radius 2 is 1.80 bits per heavy atom. The molecule has 0 bridgehead atoms. The van der Waals surface area contributed by atoms with E-state index in [1.54, 1.807) is 0 Å². The molecule has 2 heteroatoms. The third-order valence-electron chi connectivity index (χ3n) is 6.14. The zero-order valence-corrected chi connectivity index (χ0v) is 14.2. The fourth-order valence-electron chi connectivity index (χ4n) is 4.21. The Morgan fingerprint density at radius 1 is 1.10 bits per heavy atom. The predicted molar refractivity (Wildman–Crippen MR) is 85.7 cm³/mol. The molecule has 5 atom stereocenters. The highest BCUT2D eigenvalue weighted by molar-refractivity contribution is 4.89. The van der Waals surface area contributed by atoms with Crippen molar-refractivity contribution in [3.63, 3.8) is 0 Å². The lowest BCUT2D eigenvalue weighted by molar-refractivity contribution is -0.0123. The molecule has 2 fully saturated rings. The monoisotopic (exact) mass is 281 g/mol. The van der Waals surface area contributed by atoms with Crippen molar-refractivity contribution >= 4 is 0 Å². The van der Waals surface area contributed by atoms with Crippen LogP contribution in [0.4, 0.5) is 0 Å². The van der Waals surface area contributed by atoms with Crippen molar-refractivity contribution < 1.29 is 5.11 Å². The second-order valence-electron chi connectivity index (χ2n) is 8.56. The number of nitrogens with zero attached hydrogens (tertiary/aromatic N) is 1. The van der Waals surface area contributed by atoms with Gasteiger partial charge in [-0.15, -0.1) is 0 Å². The lowest BCUT2D eigenvalue weighted by Gasteiger charge is -2.45. The van der Waals surface area contributed by atoms with Gasteiger partial charge in [-0.3, -0.25) is 0 Å². The van der Waals surface area contributed by atoms with Crippen LogP contribution in [-0.2, 0) is 0 Å². The van der Waals surface area contributed by atoms with E-state index in [2.05, 4.69) is 39.5 Å². The molecule has 0 aromatic heterocycles. The molecule has 118 valence electrons. The zero-order chi connectivity index (χ0) is 14.9. The van der Waals surface area contributed by atoms with E-state index in [9.17, 15) is 5.11 Å². The van der Waals surface area contributed by atoms with Gasteiger partial charge in [0, 0.05) is 12.6 Å². The van der Waals surface area contributed by atoms with Crippen LogP contribution in [0.1, 0.15) is 66.7 Å². The number of hydrogen-bond acceptors (Lipinski definition) is 2. The second-order valence-corrected chi connectivity index (χ2v) is 8.56. The lowest BCUT2D eigenvalue weighted by atomic mass is 9.68. The number of hydrogen-bond donors (Lipinski definition) is 1. The molecule has 1 saturated heterocycles. The number of aliphatic hydroxyl groups excluding tert-OH is 1. The number of rotatable bonds is 2. The summed E-state index contributed by atoms with van der Waals surface area (Å²) in [6, 6.07) is 0.686. The van der Waals surface area contributed by atoms with Gasteiger partial charge in [0.2, 0.25) is 0 Å². The summed E-state index contributed by atoms with van der Waals surface area (Å²) in [7, 11) is 0. The molecule has 1 aliphatic carbocycles. The summed E-state index contributed by atoms with van der Waals surface area (Å²) in [5.41, 5.74) is 0.388. The largest absolute Gasteiger partial charge is 0.393 e. The SMILES string of the molecule is CC1CCCN(CC2CC(C(C)(C)C)CCC2O)C1C. The van der Waals surface area contributed by atoms with Gasteiger partial charge in [0.05, 0.1) is 6.10 Å². The van der Waals surface area contributed by atoms with Gasteiger partial charge in [0.25, 0.3) is 0 Å². The average molecular weight is 281 g/mol. The van der Waals surface area contributed by atoms with Crippen LogP contribution in [0.5, 0.6) is 0 Å². The molecule has 0 amide bonds. The van der Waals surface area contributed by atoms with E-state index in [0.717, 1.165) is 24.8 Å². The van der Waals surface area contributed by atoms with Crippen molar-refractivity contribution in [2.45, 2.75) is 78.9 Å². The number of likely N-dealkylation sites (tertiary alicyclic amines) is 1. The molecule has 5 unspecified atom stereocenters. The Bertz CT molecular complexity index is 309. The maximum atomic E-state index is 10.4. The normalized spacial score (nSPS) is 40.8. The van der Waals surface area contributed by atoms with Gasteiger partial charge >= 0.3 is 0 Å². The van der Waals surface area contributed by atoms with Crippen molar-refractivity contribution in [3.8, 4) is 0 Å². The fraction of sp³-hybridized carbons (Fsp3) is 1.00. The van der Waals surface area contributed by atoms with E-state index in [1.807, 2.05) is 0 Å². The van der Waals surface area contributed by atoms with E-state index in [4.69, 9.17) is 0 Å². The van der Waals surface area contributed by atoms with Crippen LogP contribution in [0.3, 0.4) is 0 Å². The van der Waals surface area contributed by atoms with Gasteiger partial charge in [-0.05, 0) is 68.7 Å². The van der Waals surface area contributed by atoms with Gasteiger partial charge in [0.1, 0.15) is 0 Å². The van der Waals surface area contributed by atoms with Crippen LogP contribution >= 0.6 is 0 Å². The van der Waals surface area contributed by atoms with E-state index in [0.29, 0.717) is 17.4 Å². The van der Waals surface area contributed by atoms with Crippen molar-refractivity contribution in [2.75, 3.05) is 13.1 Å². The van der Waals surface area contributed by atoms with E-state index < -0.39 is 0 Å². The smallest absolute Gasteiger partial charge is 0.0580 e. The molecule has 2 nitrogen and oxygen atoms in total. The van der Waals surface area contributed by atoms with Crippen LogP contribution in [0, 0.1) is 23.2 Å². The maximum absolute atomic E-state index is 10.4. The van der Waals surface area contributed by atoms with Gasteiger partial charge in [-0.1, -0.05) is 27.7 Å². The Hall–Kier alpha value is -0.0800. The molecule has 0 radical (unpaired) electrons. The molecule has 1 N–H and O–H groups in total. The zero-order valence-electron chi connectivity index (χ0n) is 14.2. The van der Waals surface area contributed by atoms with Crippen LogP contribution in [-0.4, -0.2) is 35.2 Å². The molecule has 2 rings (SSSR count). The summed E-state index contributed by atoms with van der Waals surface area (Å²) in [5.74, 6) is 2.07. The Balaban J connectivity index is 1.96. The summed E-state index contributed by atoms with van der Waals surface area (Å²) < 4.78 is 0. The lowest BCUT2D eigenvalue weighted by Crippen LogP contribution is -2.48. The molecular formula is C18H35NO. The molecule has 1 saturated carbocycles. The maximum Gasteiger partial charge on any atom is 0.0580 e. The molecule has 1 heterocycles. The Labute approximate surface area is 125 Å². The summed E-state index contributed by atoms with van der Waals surface area (Å²) in [6.45, 7) is 14.2. The molecule has 1 aliphatic heterocycles. The quantitative estimate of drug-likeness (QED) is 0.829. The highest BCUT2D eigenvalue weighted by Gasteiger charge is 2.37. The van der Waals surface area contributed by atoms with Crippen molar-refractivity contribution in [2.24, 2.45) is 23.2 Å². The van der Waals surface area contributed by atoms with Crippen molar-refractivity contribution in [3.05, 3.63) is 0 Å². The topological polar surface area (TPSA) is 23.5 Å². The van der Waals surface area contributed by atoms with E-state index >= 15 is 0 Å². The van der Waals surface area contributed by atoms with Crippen LogP contribution in [0.2, 0.25) is 0 Å². The summed E-state index contributed by atoms with van der Waals surface area (Å²) in [5, 5.41) is 10.4. The standard InChI is InChI=1S/C18H35NO/c1-13-7-6-10-19(14(13)2)12-15-11-16(18(3,4)5)8-9-17(15)20/h13-17,20H,6-12H2,1-5H3. The first kappa shape index (κ1) is 16.3. The van der Waals surface area contributed by atoms with Crippen LogP contribution in [0.25, 0.3) is 0 Å². The Morgan fingerprint density at radius 3 is 2.45 bits per heavy atom. The Kier molecular flexibility index (Phi) is 5.18. The second kappa shape index (κ2) is 6.36. The van der Waals surface area contributed by atoms with Crippen molar-refractivity contribution in [1.82, 2.24) is 4.90 Å². The highest BCUT2D eigenvalue weighted by Crippen LogP contribution is 2.41. The average Bonchev–Trinajstić information content (AvgIpc) is 2.36. The van der Waals surface area contributed by atoms with Crippen LogP contribution in [0.15, 0.2) is 0 Å². The van der Waals surface area contributed by atoms with Gasteiger partial charge < -0.3 is 10.0 Å². The first-order chi connectivity index (χ1) is 9.29. The van der Waals surface area contributed by atoms with Gasteiger partial charge in [-0.25, -0.2) is 0 Å².